The molecule has 2 heterocycles. The first-order valence-electron chi connectivity index (χ1n) is 9.84. The zero-order valence-corrected chi connectivity index (χ0v) is 19.4. The van der Waals surface area contributed by atoms with Gasteiger partial charge in [0.2, 0.25) is 11.6 Å². The van der Waals surface area contributed by atoms with E-state index in [1.807, 2.05) is 0 Å². The molecule has 0 unspecified atom stereocenters. The van der Waals surface area contributed by atoms with Crippen molar-refractivity contribution in [1.29, 1.82) is 0 Å². The molecule has 1 amide bonds. The third kappa shape index (κ3) is 5.67. The quantitative estimate of drug-likeness (QED) is 0.355. The van der Waals surface area contributed by atoms with Gasteiger partial charge in [-0.15, -0.1) is 0 Å². The van der Waals surface area contributed by atoms with E-state index in [9.17, 15) is 14.9 Å². The lowest BCUT2D eigenvalue weighted by Crippen LogP contribution is -2.60. The molecule has 0 bridgehead atoms. The number of carbonyl (C=O) groups is 1. The number of nitro groups is 1. The summed E-state index contributed by atoms with van der Waals surface area (Å²) >= 11 is 3.31. The van der Waals surface area contributed by atoms with Crippen LogP contribution < -0.4 is 21.5 Å². The van der Waals surface area contributed by atoms with Crippen LogP contribution in [0.5, 0.6) is 0 Å². The van der Waals surface area contributed by atoms with Crippen molar-refractivity contribution in [2.75, 3.05) is 10.7 Å². The molecule has 0 radical (unpaired) electrons. The molecule has 166 valence electrons. The van der Waals surface area contributed by atoms with Crippen molar-refractivity contribution in [2.45, 2.75) is 57.7 Å². The molecule has 31 heavy (non-hydrogen) atoms. The summed E-state index contributed by atoms with van der Waals surface area (Å²) in [4.78, 5) is 31.7. The van der Waals surface area contributed by atoms with E-state index in [2.05, 4.69) is 75.1 Å². The number of hydrogen-bond donors (Lipinski definition) is 4. The summed E-state index contributed by atoms with van der Waals surface area (Å²) in [6.45, 7) is 8.39. The first-order chi connectivity index (χ1) is 14.5. The third-order valence-electron chi connectivity index (χ3n) is 4.95. The van der Waals surface area contributed by atoms with Crippen molar-refractivity contribution < 1.29 is 9.72 Å². The zero-order valence-electron chi connectivity index (χ0n) is 17.8. The SMILES string of the molecule is CC1(C)CC(Nc2ncnc(NNC(=O)c3ccccc3Br)c2[N+](=O)[O-])CC(C)(C)N1. The maximum atomic E-state index is 12.4. The molecule has 0 spiro atoms. The molecule has 1 aliphatic rings. The number of piperidine rings is 1. The molecule has 2 aromatic rings. The van der Waals surface area contributed by atoms with E-state index in [0.29, 0.717) is 10.0 Å². The van der Waals surface area contributed by atoms with Crippen LogP contribution in [0.15, 0.2) is 35.1 Å². The molecular weight excluding hydrogens is 466 g/mol. The number of benzene rings is 1. The molecule has 4 N–H and O–H groups in total. The Bertz CT molecular complexity index is 980. The second kappa shape index (κ2) is 8.75. The van der Waals surface area contributed by atoms with Crippen molar-refractivity contribution in [1.82, 2.24) is 20.7 Å². The number of rotatable bonds is 6. The summed E-state index contributed by atoms with van der Waals surface area (Å²) in [5, 5.41) is 18.6. The molecule has 10 nitrogen and oxygen atoms in total. The standard InChI is InChI=1S/C20H26BrN7O3/c1-19(2)9-12(10-20(3,4)27-19)24-16-15(28(30)31)17(23-11-22-16)25-26-18(29)13-7-5-6-8-14(13)21/h5-8,11-12,27H,9-10H2,1-4H3,(H,26,29)(H2,22,23,24,25). The summed E-state index contributed by atoms with van der Waals surface area (Å²) in [7, 11) is 0. The Balaban J connectivity index is 1.80. The molecule has 3 rings (SSSR count). The fourth-order valence-corrected chi connectivity index (χ4v) is 4.66. The van der Waals surface area contributed by atoms with Crippen molar-refractivity contribution in [3.63, 3.8) is 0 Å². The van der Waals surface area contributed by atoms with Gasteiger partial charge in [-0.3, -0.25) is 25.8 Å². The topological polar surface area (TPSA) is 134 Å². The largest absolute Gasteiger partial charge is 0.361 e. The summed E-state index contributed by atoms with van der Waals surface area (Å²) < 4.78 is 0.602. The minimum absolute atomic E-state index is 0.0254. The van der Waals surface area contributed by atoms with Crippen LogP contribution in [0.25, 0.3) is 0 Å². The lowest BCUT2D eigenvalue weighted by Gasteiger charge is -2.46. The van der Waals surface area contributed by atoms with E-state index in [0.717, 1.165) is 12.8 Å². The maximum absolute atomic E-state index is 12.4. The number of nitrogens with one attached hydrogen (secondary N) is 4. The monoisotopic (exact) mass is 491 g/mol. The Kier molecular flexibility index (Phi) is 6.46. The van der Waals surface area contributed by atoms with Crippen LogP contribution in [-0.2, 0) is 0 Å². The van der Waals surface area contributed by atoms with Gasteiger partial charge in [0.15, 0.2) is 0 Å². The Hall–Kier alpha value is -2.79. The van der Waals surface area contributed by atoms with E-state index < -0.39 is 10.8 Å². The summed E-state index contributed by atoms with van der Waals surface area (Å²) in [6.07, 6.45) is 2.75. The predicted molar refractivity (Wildman–Crippen MR) is 122 cm³/mol. The number of hydrazine groups is 1. The van der Waals surface area contributed by atoms with Crippen LogP contribution in [0.3, 0.4) is 0 Å². The molecule has 0 saturated carbocycles. The second-order valence-electron chi connectivity index (χ2n) is 8.88. The average molecular weight is 492 g/mol. The minimum Gasteiger partial charge on any atom is -0.361 e. The van der Waals surface area contributed by atoms with Crippen molar-refractivity contribution >= 4 is 39.2 Å². The highest BCUT2D eigenvalue weighted by Crippen LogP contribution is 2.34. The summed E-state index contributed by atoms with van der Waals surface area (Å²) in [6, 6.07) is 6.83. The van der Waals surface area contributed by atoms with Gasteiger partial charge < -0.3 is 10.6 Å². The van der Waals surface area contributed by atoms with Gasteiger partial charge in [-0.1, -0.05) is 12.1 Å². The Morgan fingerprint density at radius 2 is 1.77 bits per heavy atom. The Morgan fingerprint density at radius 3 is 2.39 bits per heavy atom. The highest BCUT2D eigenvalue weighted by atomic mass is 79.9. The van der Waals surface area contributed by atoms with Crippen LogP contribution in [0.1, 0.15) is 50.9 Å². The predicted octanol–water partition coefficient (Wildman–Crippen LogP) is 3.63. The number of aromatic nitrogens is 2. The molecule has 1 aliphatic heterocycles. The van der Waals surface area contributed by atoms with Crippen molar-refractivity contribution in [3.8, 4) is 0 Å². The van der Waals surface area contributed by atoms with Crippen LogP contribution >= 0.6 is 15.9 Å². The van der Waals surface area contributed by atoms with Gasteiger partial charge in [-0.25, -0.2) is 9.97 Å². The fraction of sp³-hybridized carbons (Fsp3) is 0.450. The Labute approximate surface area is 188 Å². The van der Waals surface area contributed by atoms with E-state index in [4.69, 9.17) is 0 Å². The first kappa shape index (κ1) is 22.9. The fourth-order valence-electron chi connectivity index (χ4n) is 4.20. The van der Waals surface area contributed by atoms with Crippen LogP contribution in [-0.4, -0.2) is 37.9 Å². The van der Waals surface area contributed by atoms with E-state index in [1.54, 1.807) is 24.3 Å². The van der Waals surface area contributed by atoms with E-state index in [1.165, 1.54) is 6.33 Å². The lowest BCUT2D eigenvalue weighted by atomic mass is 9.79. The third-order valence-corrected chi connectivity index (χ3v) is 5.64. The highest BCUT2D eigenvalue weighted by Gasteiger charge is 2.38. The molecule has 0 aliphatic carbocycles. The van der Waals surface area contributed by atoms with Gasteiger partial charge in [0.05, 0.1) is 10.5 Å². The number of amides is 1. The number of anilines is 2. The van der Waals surface area contributed by atoms with Gasteiger partial charge in [0.1, 0.15) is 6.33 Å². The van der Waals surface area contributed by atoms with E-state index >= 15 is 0 Å². The number of hydrogen-bond acceptors (Lipinski definition) is 8. The smallest absolute Gasteiger partial charge is 0.354 e. The zero-order chi connectivity index (χ0) is 22.8. The molecule has 1 aromatic heterocycles. The Morgan fingerprint density at radius 1 is 1.16 bits per heavy atom. The molecule has 11 heteroatoms. The molecular formula is C20H26BrN7O3. The van der Waals surface area contributed by atoms with Crippen molar-refractivity contribution in [3.05, 3.63) is 50.7 Å². The lowest BCUT2D eigenvalue weighted by molar-refractivity contribution is -0.383. The second-order valence-corrected chi connectivity index (χ2v) is 9.73. The normalized spacial score (nSPS) is 17.6. The molecule has 1 aromatic carbocycles. The minimum atomic E-state index is -0.563. The van der Waals surface area contributed by atoms with Gasteiger partial charge in [0, 0.05) is 21.6 Å². The summed E-state index contributed by atoms with van der Waals surface area (Å²) in [5.41, 5.74) is 4.79. The van der Waals surface area contributed by atoms with Crippen LogP contribution in [0.2, 0.25) is 0 Å². The average Bonchev–Trinajstić information content (AvgIpc) is 2.63. The maximum Gasteiger partial charge on any atom is 0.354 e. The number of carbonyl (C=O) groups excluding carboxylic acids is 1. The number of nitrogens with zero attached hydrogens (tertiary/aromatic N) is 3. The van der Waals surface area contributed by atoms with Crippen LogP contribution in [0.4, 0.5) is 17.3 Å². The summed E-state index contributed by atoms with van der Waals surface area (Å²) in [5.74, 6) is -0.455. The van der Waals surface area contributed by atoms with Gasteiger partial charge in [-0.2, -0.15) is 0 Å². The van der Waals surface area contributed by atoms with E-state index in [-0.39, 0.29) is 34.4 Å². The number of halogens is 1. The van der Waals surface area contributed by atoms with Crippen LogP contribution in [0, 0.1) is 10.1 Å². The molecule has 1 fully saturated rings. The van der Waals surface area contributed by atoms with Gasteiger partial charge in [0.25, 0.3) is 5.91 Å². The molecule has 0 atom stereocenters. The first-order valence-corrected chi connectivity index (χ1v) is 10.6. The molecule has 1 saturated heterocycles. The van der Waals surface area contributed by atoms with Crippen molar-refractivity contribution in [2.24, 2.45) is 0 Å². The highest BCUT2D eigenvalue weighted by molar-refractivity contribution is 9.10. The van der Waals surface area contributed by atoms with Gasteiger partial charge in [-0.05, 0) is 68.6 Å². The van der Waals surface area contributed by atoms with Gasteiger partial charge >= 0.3 is 5.69 Å².